The van der Waals surface area contributed by atoms with Gasteiger partial charge in [-0.3, -0.25) is 0 Å². The standard InChI is InChI=1S/C8H10IN3O/c9-11-12-10-7-13-6-8-4-2-1-3-5-8/h1-5H,6-7H2,(H,10,11). The van der Waals surface area contributed by atoms with Gasteiger partial charge in [0.15, 0.2) is 6.73 Å². The van der Waals surface area contributed by atoms with Crippen LogP contribution in [-0.4, -0.2) is 6.73 Å². The molecule has 1 rings (SSSR count). The predicted octanol–water partition coefficient (Wildman–Crippen LogP) is 2.47. The topological polar surface area (TPSA) is 46.0 Å². The van der Waals surface area contributed by atoms with Crippen molar-refractivity contribution < 1.29 is 4.74 Å². The van der Waals surface area contributed by atoms with E-state index in [1.54, 1.807) is 0 Å². The molecule has 0 aliphatic carbocycles. The van der Waals surface area contributed by atoms with Crippen LogP contribution < -0.4 is 3.64 Å². The summed E-state index contributed by atoms with van der Waals surface area (Å²) in [5.41, 5.74) is 1.14. The Labute approximate surface area is 90.9 Å². The molecule has 0 aliphatic heterocycles. The Morgan fingerprint density at radius 2 is 2.08 bits per heavy atom. The van der Waals surface area contributed by atoms with Crippen LogP contribution in [0.15, 0.2) is 40.7 Å². The molecule has 70 valence electrons. The lowest BCUT2D eigenvalue weighted by atomic mass is 10.2. The molecule has 0 atom stereocenters. The summed E-state index contributed by atoms with van der Waals surface area (Å²) in [5, 5.41) is 7.23. The smallest absolute Gasteiger partial charge is 0.160 e. The molecule has 0 aromatic heterocycles. The first-order valence-corrected chi connectivity index (χ1v) is 4.85. The average molecular weight is 291 g/mol. The van der Waals surface area contributed by atoms with Crippen LogP contribution in [0.4, 0.5) is 0 Å². The molecule has 0 heterocycles. The highest BCUT2D eigenvalue weighted by molar-refractivity contribution is 14.1. The summed E-state index contributed by atoms with van der Waals surface area (Å²) in [6.45, 7) is 0.853. The van der Waals surface area contributed by atoms with E-state index in [0.717, 1.165) is 5.56 Å². The molecule has 1 aromatic carbocycles. The lowest BCUT2D eigenvalue weighted by Gasteiger charge is -1.99. The van der Waals surface area contributed by atoms with Crippen LogP contribution in [0.5, 0.6) is 0 Å². The van der Waals surface area contributed by atoms with Gasteiger partial charge in [-0.1, -0.05) is 35.6 Å². The van der Waals surface area contributed by atoms with E-state index in [4.69, 9.17) is 4.74 Å². The van der Waals surface area contributed by atoms with Gasteiger partial charge in [0, 0.05) is 0 Å². The van der Waals surface area contributed by atoms with Crippen molar-refractivity contribution in [2.24, 2.45) is 10.3 Å². The number of ether oxygens (including phenoxy) is 1. The highest BCUT2D eigenvalue weighted by atomic mass is 127. The molecule has 0 saturated carbocycles. The molecule has 4 nitrogen and oxygen atoms in total. The van der Waals surface area contributed by atoms with Crippen LogP contribution in [0.1, 0.15) is 5.56 Å². The highest BCUT2D eigenvalue weighted by Crippen LogP contribution is 1.99. The number of nitrogens with zero attached hydrogens (tertiary/aromatic N) is 2. The Morgan fingerprint density at radius 3 is 2.77 bits per heavy atom. The number of hydrogen-bond acceptors (Lipinski definition) is 3. The van der Waals surface area contributed by atoms with Crippen molar-refractivity contribution in [1.29, 1.82) is 0 Å². The summed E-state index contributed by atoms with van der Waals surface area (Å²) in [6.07, 6.45) is 0. The zero-order chi connectivity index (χ0) is 9.36. The fraction of sp³-hybridized carbons (Fsp3) is 0.250. The van der Waals surface area contributed by atoms with Crippen LogP contribution in [0.3, 0.4) is 0 Å². The van der Waals surface area contributed by atoms with Gasteiger partial charge in [0.25, 0.3) is 0 Å². The van der Waals surface area contributed by atoms with Crippen LogP contribution in [0.2, 0.25) is 0 Å². The number of benzene rings is 1. The van der Waals surface area contributed by atoms with E-state index in [0.29, 0.717) is 6.61 Å². The summed E-state index contributed by atoms with van der Waals surface area (Å²) in [7, 11) is 0. The van der Waals surface area contributed by atoms with Gasteiger partial charge in [-0.25, -0.2) is 3.64 Å². The third kappa shape index (κ3) is 4.79. The quantitative estimate of drug-likeness (QED) is 0.298. The third-order valence-electron chi connectivity index (χ3n) is 1.37. The van der Waals surface area contributed by atoms with Crippen molar-refractivity contribution in [3.8, 4) is 0 Å². The molecular formula is C8H10IN3O. The monoisotopic (exact) mass is 291 g/mol. The van der Waals surface area contributed by atoms with Crippen molar-refractivity contribution in [3.05, 3.63) is 35.9 Å². The Balaban J connectivity index is 2.17. The molecular weight excluding hydrogens is 281 g/mol. The molecule has 13 heavy (non-hydrogen) atoms. The first-order chi connectivity index (χ1) is 6.43. The molecule has 0 spiro atoms. The first-order valence-electron chi connectivity index (χ1n) is 3.77. The largest absolute Gasteiger partial charge is 0.353 e. The summed E-state index contributed by atoms with van der Waals surface area (Å²) >= 11 is 1.88. The normalized spacial score (nSPS) is 10.5. The van der Waals surface area contributed by atoms with Crippen LogP contribution in [-0.2, 0) is 11.3 Å². The molecule has 0 aliphatic rings. The van der Waals surface area contributed by atoms with E-state index in [1.165, 1.54) is 0 Å². The van der Waals surface area contributed by atoms with E-state index in [2.05, 4.69) is 14.0 Å². The van der Waals surface area contributed by atoms with Crippen molar-refractivity contribution in [3.63, 3.8) is 0 Å². The van der Waals surface area contributed by atoms with E-state index < -0.39 is 0 Å². The first kappa shape index (κ1) is 10.4. The average Bonchev–Trinajstić information content (AvgIpc) is 2.19. The number of hydrogen-bond donors (Lipinski definition) is 1. The molecule has 0 saturated heterocycles. The van der Waals surface area contributed by atoms with Gasteiger partial charge in [0.1, 0.15) is 0 Å². The third-order valence-corrected chi connectivity index (χ3v) is 1.58. The number of halogens is 1. The van der Waals surface area contributed by atoms with Gasteiger partial charge in [-0.05, 0) is 5.56 Å². The molecule has 0 amide bonds. The summed E-state index contributed by atoms with van der Waals surface area (Å²) in [4.78, 5) is 0. The van der Waals surface area contributed by atoms with Gasteiger partial charge in [0.2, 0.25) is 0 Å². The Bertz CT molecular complexity index is 253. The van der Waals surface area contributed by atoms with Crippen LogP contribution in [0.25, 0.3) is 0 Å². The maximum Gasteiger partial charge on any atom is 0.160 e. The zero-order valence-electron chi connectivity index (χ0n) is 6.98. The van der Waals surface area contributed by atoms with Gasteiger partial charge in [0.05, 0.1) is 29.5 Å². The molecule has 1 N–H and O–H groups in total. The highest BCUT2D eigenvalue weighted by Gasteiger charge is 1.89. The SMILES string of the molecule is INN=NCOCc1ccccc1. The van der Waals surface area contributed by atoms with E-state index in [9.17, 15) is 0 Å². The summed E-state index contributed by atoms with van der Waals surface area (Å²) < 4.78 is 7.73. The second-order valence-electron chi connectivity index (χ2n) is 2.29. The summed E-state index contributed by atoms with van der Waals surface area (Å²) in [5.74, 6) is 0. The minimum absolute atomic E-state index is 0.283. The maximum atomic E-state index is 5.22. The van der Waals surface area contributed by atoms with Gasteiger partial charge >= 0.3 is 0 Å². The van der Waals surface area contributed by atoms with Crippen molar-refractivity contribution in [1.82, 2.24) is 3.64 Å². The van der Waals surface area contributed by atoms with Gasteiger partial charge < -0.3 is 4.74 Å². The Kier molecular flexibility index (Phi) is 5.42. The van der Waals surface area contributed by atoms with Crippen molar-refractivity contribution in [2.75, 3.05) is 6.73 Å². The molecule has 1 aromatic rings. The predicted molar refractivity (Wildman–Crippen MR) is 58.1 cm³/mol. The molecule has 0 radical (unpaired) electrons. The lowest BCUT2D eigenvalue weighted by molar-refractivity contribution is 0.124. The van der Waals surface area contributed by atoms with Gasteiger partial charge in [-0.2, -0.15) is 0 Å². The molecule has 0 fully saturated rings. The van der Waals surface area contributed by atoms with Crippen molar-refractivity contribution >= 4 is 22.9 Å². The minimum Gasteiger partial charge on any atom is -0.353 e. The van der Waals surface area contributed by atoms with E-state index >= 15 is 0 Å². The number of nitrogens with one attached hydrogen (secondary N) is 1. The van der Waals surface area contributed by atoms with Crippen molar-refractivity contribution in [2.45, 2.75) is 6.61 Å². The maximum absolute atomic E-state index is 5.22. The van der Waals surface area contributed by atoms with Crippen LogP contribution >= 0.6 is 22.9 Å². The molecule has 0 unspecified atom stereocenters. The van der Waals surface area contributed by atoms with Gasteiger partial charge in [-0.15, -0.1) is 5.11 Å². The summed E-state index contributed by atoms with van der Waals surface area (Å²) in [6, 6.07) is 9.95. The van der Waals surface area contributed by atoms with E-state index in [-0.39, 0.29) is 6.73 Å². The second kappa shape index (κ2) is 6.79. The fourth-order valence-electron chi connectivity index (χ4n) is 0.834. The van der Waals surface area contributed by atoms with Crippen LogP contribution in [0, 0.1) is 0 Å². The minimum atomic E-state index is 0.283. The molecule has 5 heteroatoms. The molecule has 0 bridgehead atoms. The fourth-order valence-corrected chi connectivity index (χ4v) is 0.987. The zero-order valence-corrected chi connectivity index (χ0v) is 9.14. The second-order valence-corrected chi connectivity index (χ2v) is 2.77. The number of rotatable bonds is 5. The Morgan fingerprint density at radius 1 is 1.31 bits per heavy atom. The Hall–Kier alpha value is -0.690. The van der Waals surface area contributed by atoms with E-state index in [1.807, 2.05) is 53.2 Å². The lowest BCUT2D eigenvalue weighted by Crippen LogP contribution is -1.92.